The standard InChI is InChI=1S/C16H16N2O/c1-13-17-9-10-18(13)11-12-19-16-8-4-6-14-5-2-3-7-15(14)16/h2-10H,11-12H2,1H3. The van der Waals surface area contributed by atoms with Crippen molar-refractivity contribution in [3.05, 3.63) is 60.7 Å². The second kappa shape index (κ2) is 5.14. The summed E-state index contributed by atoms with van der Waals surface area (Å²) >= 11 is 0. The normalized spacial score (nSPS) is 10.8. The third-order valence-corrected chi connectivity index (χ3v) is 3.26. The number of nitrogens with zero attached hydrogens (tertiary/aromatic N) is 2. The van der Waals surface area contributed by atoms with E-state index in [1.165, 1.54) is 5.39 Å². The van der Waals surface area contributed by atoms with Gasteiger partial charge in [-0.05, 0) is 18.4 Å². The number of benzene rings is 2. The second-order valence-corrected chi connectivity index (χ2v) is 4.49. The molecule has 3 heteroatoms. The van der Waals surface area contributed by atoms with Crippen molar-refractivity contribution in [1.29, 1.82) is 0 Å². The van der Waals surface area contributed by atoms with Crippen LogP contribution in [0.4, 0.5) is 0 Å². The van der Waals surface area contributed by atoms with E-state index in [1.54, 1.807) is 0 Å². The van der Waals surface area contributed by atoms with Crippen molar-refractivity contribution in [2.75, 3.05) is 6.61 Å². The summed E-state index contributed by atoms with van der Waals surface area (Å²) in [5.74, 6) is 1.96. The Morgan fingerprint density at radius 1 is 1.11 bits per heavy atom. The summed E-state index contributed by atoms with van der Waals surface area (Å²) < 4.78 is 7.99. The fourth-order valence-corrected chi connectivity index (χ4v) is 2.22. The maximum atomic E-state index is 5.90. The Balaban J connectivity index is 1.74. The number of fused-ring (bicyclic) bond motifs is 1. The van der Waals surface area contributed by atoms with E-state index in [0.29, 0.717) is 6.61 Å². The Morgan fingerprint density at radius 3 is 2.79 bits per heavy atom. The van der Waals surface area contributed by atoms with Gasteiger partial charge in [0.2, 0.25) is 0 Å². The van der Waals surface area contributed by atoms with Crippen LogP contribution in [0, 0.1) is 6.92 Å². The number of ether oxygens (including phenoxy) is 1. The van der Waals surface area contributed by atoms with Crippen LogP contribution in [0.2, 0.25) is 0 Å². The molecule has 0 amide bonds. The highest BCUT2D eigenvalue weighted by Crippen LogP contribution is 2.25. The fraction of sp³-hybridized carbons (Fsp3) is 0.188. The highest BCUT2D eigenvalue weighted by molar-refractivity contribution is 5.88. The number of rotatable bonds is 4. The van der Waals surface area contributed by atoms with Gasteiger partial charge < -0.3 is 9.30 Å². The zero-order valence-electron chi connectivity index (χ0n) is 10.9. The summed E-state index contributed by atoms with van der Waals surface area (Å²) in [6.45, 7) is 3.46. The van der Waals surface area contributed by atoms with E-state index in [0.717, 1.165) is 23.5 Å². The van der Waals surface area contributed by atoms with Gasteiger partial charge in [0, 0.05) is 17.8 Å². The number of aromatic nitrogens is 2. The van der Waals surface area contributed by atoms with Crippen molar-refractivity contribution >= 4 is 10.8 Å². The molecule has 0 saturated heterocycles. The molecule has 0 fully saturated rings. The SMILES string of the molecule is Cc1nccn1CCOc1cccc2ccccc12. The zero-order valence-corrected chi connectivity index (χ0v) is 10.9. The Bertz CT molecular complexity index is 683. The minimum Gasteiger partial charge on any atom is -0.491 e. The highest BCUT2D eigenvalue weighted by atomic mass is 16.5. The Kier molecular flexibility index (Phi) is 3.19. The van der Waals surface area contributed by atoms with Gasteiger partial charge in [0.1, 0.15) is 18.2 Å². The number of aryl methyl sites for hydroxylation is 1. The number of hydrogen-bond acceptors (Lipinski definition) is 2. The van der Waals surface area contributed by atoms with Gasteiger partial charge in [-0.3, -0.25) is 0 Å². The van der Waals surface area contributed by atoms with E-state index >= 15 is 0 Å². The first kappa shape index (κ1) is 11.8. The van der Waals surface area contributed by atoms with Crippen molar-refractivity contribution < 1.29 is 4.74 Å². The van der Waals surface area contributed by atoms with Gasteiger partial charge in [-0.1, -0.05) is 36.4 Å². The molecule has 0 aliphatic carbocycles. The van der Waals surface area contributed by atoms with E-state index in [-0.39, 0.29) is 0 Å². The minimum atomic E-state index is 0.644. The lowest BCUT2D eigenvalue weighted by Gasteiger charge is -2.10. The van der Waals surface area contributed by atoms with Crippen LogP contribution >= 0.6 is 0 Å². The molecule has 3 nitrogen and oxygen atoms in total. The zero-order chi connectivity index (χ0) is 13.1. The Hall–Kier alpha value is -2.29. The molecular weight excluding hydrogens is 236 g/mol. The van der Waals surface area contributed by atoms with Crippen LogP contribution in [0.1, 0.15) is 5.82 Å². The summed E-state index contributed by atoms with van der Waals surface area (Å²) in [5.41, 5.74) is 0. The maximum absolute atomic E-state index is 5.90. The lowest BCUT2D eigenvalue weighted by atomic mass is 10.1. The molecule has 0 N–H and O–H groups in total. The Labute approximate surface area is 112 Å². The number of hydrogen-bond donors (Lipinski definition) is 0. The molecule has 0 atom stereocenters. The Morgan fingerprint density at radius 2 is 1.95 bits per heavy atom. The molecule has 0 unspecified atom stereocenters. The molecule has 3 aromatic rings. The molecule has 0 spiro atoms. The lowest BCUT2D eigenvalue weighted by molar-refractivity contribution is 0.300. The summed E-state index contributed by atoms with van der Waals surface area (Å²) in [7, 11) is 0. The van der Waals surface area contributed by atoms with Crippen LogP contribution in [-0.4, -0.2) is 16.2 Å². The third kappa shape index (κ3) is 2.45. The molecule has 0 aliphatic rings. The molecule has 0 aliphatic heterocycles. The average Bonchev–Trinajstić information content (AvgIpc) is 2.85. The summed E-state index contributed by atoms with van der Waals surface area (Å²) in [4.78, 5) is 4.20. The minimum absolute atomic E-state index is 0.644. The van der Waals surface area contributed by atoms with Crippen molar-refractivity contribution in [1.82, 2.24) is 9.55 Å². The maximum Gasteiger partial charge on any atom is 0.127 e. The summed E-state index contributed by atoms with van der Waals surface area (Å²) in [6, 6.07) is 14.4. The summed E-state index contributed by atoms with van der Waals surface area (Å²) in [6.07, 6.45) is 3.79. The van der Waals surface area contributed by atoms with Gasteiger partial charge in [0.25, 0.3) is 0 Å². The third-order valence-electron chi connectivity index (χ3n) is 3.26. The van der Waals surface area contributed by atoms with E-state index < -0.39 is 0 Å². The van der Waals surface area contributed by atoms with Crippen LogP contribution in [0.3, 0.4) is 0 Å². The number of imidazole rings is 1. The topological polar surface area (TPSA) is 27.1 Å². The molecule has 19 heavy (non-hydrogen) atoms. The van der Waals surface area contributed by atoms with Crippen molar-refractivity contribution in [2.24, 2.45) is 0 Å². The van der Waals surface area contributed by atoms with Crippen LogP contribution in [-0.2, 0) is 6.54 Å². The van der Waals surface area contributed by atoms with Gasteiger partial charge in [-0.2, -0.15) is 0 Å². The quantitative estimate of drug-likeness (QED) is 0.711. The first-order valence-corrected chi connectivity index (χ1v) is 6.43. The van der Waals surface area contributed by atoms with Crippen LogP contribution < -0.4 is 4.74 Å². The van der Waals surface area contributed by atoms with Gasteiger partial charge in [-0.25, -0.2) is 4.98 Å². The molecule has 2 aromatic carbocycles. The van der Waals surface area contributed by atoms with Gasteiger partial charge in [-0.15, -0.1) is 0 Å². The average molecular weight is 252 g/mol. The first-order chi connectivity index (χ1) is 9.34. The van der Waals surface area contributed by atoms with E-state index in [4.69, 9.17) is 4.74 Å². The fourth-order valence-electron chi connectivity index (χ4n) is 2.22. The van der Waals surface area contributed by atoms with E-state index in [1.807, 2.05) is 43.6 Å². The van der Waals surface area contributed by atoms with Crippen molar-refractivity contribution in [3.8, 4) is 5.75 Å². The molecule has 0 radical (unpaired) electrons. The van der Waals surface area contributed by atoms with Gasteiger partial charge in [0.05, 0.1) is 6.54 Å². The first-order valence-electron chi connectivity index (χ1n) is 6.43. The van der Waals surface area contributed by atoms with E-state index in [2.05, 4.69) is 27.8 Å². The predicted molar refractivity (Wildman–Crippen MR) is 76.4 cm³/mol. The van der Waals surface area contributed by atoms with Crippen LogP contribution in [0.5, 0.6) is 5.75 Å². The molecule has 3 rings (SSSR count). The largest absolute Gasteiger partial charge is 0.491 e. The molecule has 1 heterocycles. The highest BCUT2D eigenvalue weighted by Gasteiger charge is 2.01. The van der Waals surface area contributed by atoms with Crippen LogP contribution in [0.25, 0.3) is 10.8 Å². The predicted octanol–water partition coefficient (Wildman–Crippen LogP) is 3.42. The van der Waals surface area contributed by atoms with Gasteiger partial charge in [0.15, 0.2) is 0 Å². The van der Waals surface area contributed by atoms with Crippen molar-refractivity contribution in [3.63, 3.8) is 0 Å². The van der Waals surface area contributed by atoms with Crippen molar-refractivity contribution in [2.45, 2.75) is 13.5 Å². The lowest BCUT2D eigenvalue weighted by Crippen LogP contribution is -2.08. The second-order valence-electron chi connectivity index (χ2n) is 4.49. The molecule has 0 bridgehead atoms. The molecule has 1 aromatic heterocycles. The molecular formula is C16H16N2O. The van der Waals surface area contributed by atoms with Crippen LogP contribution in [0.15, 0.2) is 54.9 Å². The van der Waals surface area contributed by atoms with E-state index in [9.17, 15) is 0 Å². The smallest absolute Gasteiger partial charge is 0.127 e. The molecule has 0 saturated carbocycles. The monoisotopic (exact) mass is 252 g/mol. The van der Waals surface area contributed by atoms with Gasteiger partial charge >= 0.3 is 0 Å². The summed E-state index contributed by atoms with van der Waals surface area (Å²) in [5, 5.41) is 2.37. The molecule has 96 valence electrons.